The van der Waals surface area contributed by atoms with Gasteiger partial charge in [-0.15, -0.1) is 5.10 Å². The average Bonchev–Trinajstić information content (AvgIpc) is 3.41. The molecule has 0 fully saturated rings. The Morgan fingerprint density at radius 3 is 2.44 bits per heavy atom. The number of aromatic nitrogens is 3. The maximum Gasteiger partial charge on any atom is 0.355 e. The normalized spacial score (nSPS) is 11.0. The summed E-state index contributed by atoms with van der Waals surface area (Å²) in [4.78, 5) is 26.7. The Kier molecular flexibility index (Phi) is 6.08. The van der Waals surface area contributed by atoms with Crippen LogP contribution in [0.3, 0.4) is 0 Å². The van der Waals surface area contributed by atoms with Crippen LogP contribution in [0.1, 0.15) is 16.1 Å². The maximum absolute atomic E-state index is 13.6. The van der Waals surface area contributed by atoms with Crippen LogP contribution in [0.25, 0.3) is 33.2 Å². The topological polar surface area (TPSA) is 74.1 Å². The van der Waals surface area contributed by atoms with Gasteiger partial charge in [-0.3, -0.25) is 9.36 Å². The number of ether oxygens (including phenoxy) is 1. The predicted molar refractivity (Wildman–Crippen MR) is 137 cm³/mol. The summed E-state index contributed by atoms with van der Waals surface area (Å²) in [7, 11) is 1.33. The van der Waals surface area contributed by atoms with Crippen LogP contribution in [0.4, 0.5) is 0 Å². The molecule has 6 nitrogen and oxygen atoms in total. The fraction of sp³-hybridized carbons (Fsp3) is 0.0769. The molecule has 168 valence electrons. The van der Waals surface area contributed by atoms with E-state index in [9.17, 15) is 9.59 Å². The third-order valence-corrected chi connectivity index (χ3v) is 6.62. The average molecular weight is 532 g/mol. The molecule has 2 aromatic heterocycles. The van der Waals surface area contributed by atoms with E-state index in [1.807, 2.05) is 72.1 Å². The third-order valence-electron chi connectivity index (χ3n) is 5.62. The van der Waals surface area contributed by atoms with Gasteiger partial charge in [-0.2, -0.15) is 0 Å². The van der Waals surface area contributed by atoms with Crippen molar-refractivity contribution in [1.82, 2.24) is 14.2 Å². The molecule has 0 aliphatic heterocycles. The molecule has 0 spiro atoms. The van der Waals surface area contributed by atoms with Crippen molar-refractivity contribution < 1.29 is 9.53 Å². The van der Waals surface area contributed by atoms with Gasteiger partial charge in [-0.1, -0.05) is 75.0 Å². The van der Waals surface area contributed by atoms with Crippen LogP contribution in [0, 0.1) is 0 Å². The van der Waals surface area contributed by atoms with E-state index in [4.69, 9.17) is 4.74 Å². The van der Waals surface area contributed by atoms with Crippen LogP contribution < -0.4 is 5.56 Å². The lowest BCUT2D eigenvalue weighted by atomic mass is 9.96. The van der Waals surface area contributed by atoms with Gasteiger partial charge in [0, 0.05) is 26.4 Å². The molecule has 0 radical (unpaired) electrons. The van der Waals surface area contributed by atoms with E-state index < -0.39 is 5.97 Å². The molecule has 0 aliphatic rings. The number of carbonyl (C=O) groups is 1. The Hall–Kier alpha value is -3.62. The van der Waals surface area contributed by atoms with Gasteiger partial charge in [-0.05, 0) is 46.2 Å². The van der Waals surface area contributed by atoms with Crippen molar-refractivity contribution in [2.45, 2.75) is 6.54 Å². The van der Waals surface area contributed by atoms with Crippen LogP contribution in [0.2, 0.25) is 0 Å². The standard InChI is InChI=1S/C26H18BrN3O3S/c1-33-26(32)24-23(18-5-3-2-4-6-18)21-13-19(27)11-12-20(21)25(31)30(24)14-16-7-9-17(10-8-16)22-15-34-29-28-22/h2-13,15H,14H2,1H3. The highest BCUT2D eigenvalue weighted by Crippen LogP contribution is 2.33. The monoisotopic (exact) mass is 531 g/mol. The maximum atomic E-state index is 13.6. The SMILES string of the molecule is COC(=O)c1c(-c2ccccc2)c2cc(Br)ccc2c(=O)n1Cc1ccc(-c2csnn2)cc1. The van der Waals surface area contributed by atoms with Crippen LogP contribution in [-0.4, -0.2) is 27.2 Å². The van der Waals surface area contributed by atoms with Gasteiger partial charge >= 0.3 is 5.97 Å². The van der Waals surface area contributed by atoms with Crippen LogP contribution in [0.15, 0.2) is 87.4 Å². The number of pyridine rings is 1. The largest absolute Gasteiger partial charge is 0.464 e. The second kappa shape index (κ2) is 9.32. The number of hydrogen-bond acceptors (Lipinski definition) is 6. The second-order valence-electron chi connectivity index (χ2n) is 7.65. The van der Waals surface area contributed by atoms with E-state index in [1.165, 1.54) is 23.2 Å². The van der Waals surface area contributed by atoms with Crippen molar-refractivity contribution in [3.63, 3.8) is 0 Å². The Morgan fingerprint density at radius 2 is 1.76 bits per heavy atom. The quantitative estimate of drug-likeness (QED) is 0.268. The zero-order valence-corrected chi connectivity index (χ0v) is 20.5. The van der Waals surface area contributed by atoms with Crippen molar-refractivity contribution >= 4 is 44.2 Å². The van der Waals surface area contributed by atoms with E-state index in [1.54, 1.807) is 6.07 Å². The van der Waals surface area contributed by atoms with E-state index in [0.717, 1.165) is 26.9 Å². The van der Waals surface area contributed by atoms with Crippen LogP contribution in [-0.2, 0) is 11.3 Å². The first-order chi connectivity index (χ1) is 16.6. The van der Waals surface area contributed by atoms with Crippen LogP contribution in [0.5, 0.6) is 0 Å². The molecule has 5 rings (SSSR count). The molecular weight excluding hydrogens is 514 g/mol. The Morgan fingerprint density at radius 1 is 1.00 bits per heavy atom. The van der Waals surface area contributed by atoms with Gasteiger partial charge in [0.05, 0.1) is 13.7 Å². The molecule has 3 aromatic carbocycles. The Labute approximate surface area is 207 Å². The number of esters is 1. The molecule has 2 heterocycles. The minimum atomic E-state index is -0.567. The molecule has 0 unspecified atom stereocenters. The minimum absolute atomic E-state index is 0.213. The fourth-order valence-corrected chi connectivity index (χ4v) is 4.86. The summed E-state index contributed by atoms with van der Waals surface area (Å²) in [6, 6.07) is 22.8. The molecule has 5 aromatic rings. The third kappa shape index (κ3) is 4.06. The molecule has 0 amide bonds. The zero-order chi connectivity index (χ0) is 23.7. The first-order valence-corrected chi connectivity index (χ1v) is 12.1. The second-order valence-corrected chi connectivity index (χ2v) is 9.17. The molecule has 8 heteroatoms. The van der Waals surface area contributed by atoms with Crippen molar-refractivity contribution in [1.29, 1.82) is 0 Å². The number of halogens is 1. The lowest BCUT2D eigenvalue weighted by Crippen LogP contribution is -2.28. The van der Waals surface area contributed by atoms with E-state index in [2.05, 4.69) is 25.5 Å². The summed E-state index contributed by atoms with van der Waals surface area (Å²) in [6.45, 7) is 0.213. The molecule has 34 heavy (non-hydrogen) atoms. The minimum Gasteiger partial charge on any atom is -0.464 e. The summed E-state index contributed by atoms with van der Waals surface area (Å²) in [5, 5.41) is 7.19. The van der Waals surface area contributed by atoms with Crippen molar-refractivity contribution in [3.8, 4) is 22.4 Å². The number of methoxy groups -OCH3 is 1. The van der Waals surface area contributed by atoms with Crippen molar-refractivity contribution in [2.24, 2.45) is 0 Å². The molecule has 0 aliphatic carbocycles. The number of hydrogen-bond donors (Lipinski definition) is 0. The van der Waals surface area contributed by atoms with E-state index in [-0.39, 0.29) is 17.8 Å². The highest BCUT2D eigenvalue weighted by atomic mass is 79.9. The highest BCUT2D eigenvalue weighted by molar-refractivity contribution is 9.10. The van der Waals surface area contributed by atoms with Crippen molar-refractivity contribution in [3.05, 3.63) is 104 Å². The number of carbonyl (C=O) groups excluding carboxylic acids is 1. The number of fused-ring (bicyclic) bond motifs is 1. The van der Waals surface area contributed by atoms with E-state index in [0.29, 0.717) is 16.3 Å². The van der Waals surface area contributed by atoms with Gasteiger partial charge in [-0.25, -0.2) is 4.79 Å². The molecule has 0 bridgehead atoms. The lowest BCUT2D eigenvalue weighted by molar-refractivity contribution is 0.0588. The number of nitrogens with zero attached hydrogens (tertiary/aromatic N) is 3. The zero-order valence-electron chi connectivity index (χ0n) is 18.1. The summed E-state index contributed by atoms with van der Waals surface area (Å²) in [5.41, 5.74) is 4.06. The van der Waals surface area contributed by atoms with Gasteiger partial charge in [0.1, 0.15) is 11.4 Å². The van der Waals surface area contributed by atoms with Crippen molar-refractivity contribution in [2.75, 3.05) is 7.11 Å². The Balaban J connectivity index is 1.74. The summed E-state index contributed by atoms with van der Waals surface area (Å²) >= 11 is 4.80. The summed E-state index contributed by atoms with van der Waals surface area (Å²) in [5.74, 6) is -0.567. The van der Waals surface area contributed by atoms with Gasteiger partial charge < -0.3 is 4.74 Å². The summed E-state index contributed by atoms with van der Waals surface area (Å²) in [6.07, 6.45) is 0. The molecule has 0 N–H and O–H groups in total. The lowest BCUT2D eigenvalue weighted by Gasteiger charge is -2.19. The van der Waals surface area contributed by atoms with Crippen LogP contribution >= 0.6 is 27.5 Å². The number of benzene rings is 3. The highest BCUT2D eigenvalue weighted by Gasteiger charge is 2.24. The molecular formula is C26H18BrN3O3S. The first kappa shape index (κ1) is 22.2. The van der Waals surface area contributed by atoms with Gasteiger partial charge in [0.2, 0.25) is 0 Å². The van der Waals surface area contributed by atoms with Gasteiger partial charge in [0.25, 0.3) is 5.56 Å². The molecule has 0 atom stereocenters. The van der Waals surface area contributed by atoms with E-state index >= 15 is 0 Å². The number of rotatable bonds is 5. The predicted octanol–water partition coefficient (Wildman–Crippen LogP) is 5.78. The Bertz CT molecular complexity index is 1550. The first-order valence-electron chi connectivity index (χ1n) is 10.4. The molecule has 0 saturated heterocycles. The molecule has 0 saturated carbocycles. The smallest absolute Gasteiger partial charge is 0.355 e. The van der Waals surface area contributed by atoms with Gasteiger partial charge in [0.15, 0.2) is 0 Å². The fourth-order valence-electron chi connectivity index (χ4n) is 4.03. The summed E-state index contributed by atoms with van der Waals surface area (Å²) < 4.78 is 11.4.